The molecule has 0 spiro atoms. The van der Waals surface area contributed by atoms with Crippen LogP contribution in [0.3, 0.4) is 0 Å². The third kappa shape index (κ3) is 5.40. The van der Waals surface area contributed by atoms with Crippen LogP contribution < -0.4 is 10.2 Å². The largest absolute Gasteiger partial charge is 0.370 e. The predicted octanol–water partition coefficient (Wildman–Crippen LogP) is 6.47. The third-order valence-electron chi connectivity index (χ3n) is 6.79. The van der Waals surface area contributed by atoms with Crippen LogP contribution in [0.1, 0.15) is 61.3 Å². The summed E-state index contributed by atoms with van der Waals surface area (Å²) in [5.41, 5.74) is 4.95. The first-order valence-corrected chi connectivity index (χ1v) is 11.8. The Morgan fingerprint density at radius 3 is 2.22 bits per heavy atom. The number of para-hydroxylation sites is 1. The molecule has 0 radical (unpaired) electrons. The molecule has 1 fully saturated rings. The van der Waals surface area contributed by atoms with Crippen LogP contribution in [0.25, 0.3) is 0 Å². The minimum atomic E-state index is 0.0298. The molecule has 4 rings (SSSR count). The minimum Gasteiger partial charge on any atom is -0.370 e. The molecule has 0 saturated heterocycles. The number of carbonyl (C=O) groups excluding carboxylic acids is 1. The first kappa shape index (κ1) is 22.1. The van der Waals surface area contributed by atoms with Gasteiger partial charge in [-0.05, 0) is 54.5 Å². The van der Waals surface area contributed by atoms with Gasteiger partial charge in [-0.25, -0.2) is 0 Å². The average molecular weight is 427 g/mol. The molecule has 1 amide bonds. The van der Waals surface area contributed by atoms with E-state index in [9.17, 15) is 4.79 Å². The first-order valence-electron chi connectivity index (χ1n) is 11.8. The van der Waals surface area contributed by atoms with Crippen LogP contribution in [-0.2, 0) is 11.3 Å². The lowest BCUT2D eigenvalue weighted by molar-refractivity contribution is -0.127. The SMILES string of the molecule is C[C@H](NC(=O)[C@H]1CCCCC1c1ccc(CN(C)c2ccccc2)cc1)c1ccccc1. The Balaban J connectivity index is 1.42. The molecule has 3 aromatic carbocycles. The summed E-state index contributed by atoms with van der Waals surface area (Å²) in [6, 6.07) is 29.6. The molecule has 1 aliphatic carbocycles. The highest BCUT2D eigenvalue weighted by Crippen LogP contribution is 2.38. The van der Waals surface area contributed by atoms with Gasteiger partial charge in [0.1, 0.15) is 0 Å². The quantitative estimate of drug-likeness (QED) is 0.469. The van der Waals surface area contributed by atoms with Crippen LogP contribution in [0.5, 0.6) is 0 Å². The van der Waals surface area contributed by atoms with Gasteiger partial charge in [-0.3, -0.25) is 4.79 Å². The molecule has 3 atom stereocenters. The van der Waals surface area contributed by atoms with Gasteiger partial charge < -0.3 is 10.2 Å². The number of hydrogen-bond acceptors (Lipinski definition) is 2. The lowest BCUT2D eigenvalue weighted by Crippen LogP contribution is -2.37. The monoisotopic (exact) mass is 426 g/mol. The second kappa shape index (κ2) is 10.5. The van der Waals surface area contributed by atoms with E-state index < -0.39 is 0 Å². The Morgan fingerprint density at radius 2 is 1.53 bits per heavy atom. The van der Waals surface area contributed by atoms with Gasteiger partial charge in [-0.2, -0.15) is 0 Å². The highest BCUT2D eigenvalue weighted by molar-refractivity contribution is 5.80. The maximum atomic E-state index is 13.2. The van der Waals surface area contributed by atoms with E-state index in [2.05, 4.69) is 84.9 Å². The average Bonchev–Trinajstić information content (AvgIpc) is 2.85. The molecule has 0 heterocycles. The van der Waals surface area contributed by atoms with Crippen molar-refractivity contribution in [2.45, 2.75) is 51.1 Å². The molecule has 1 saturated carbocycles. The van der Waals surface area contributed by atoms with E-state index in [1.54, 1.807) is 0 Å². The molecule has 1 unspecified atom stereocenters. The lowest BCUT2D eigenvalue weighted by atomic mass is 9.74. The Kier molecular flexibility index (Phi) is 7.26. The van der Waals surface area contributed by atoms with Crippen molar-refractivity contribution in [3.8, 4) is 0 Å². The predicted molar refractivity (Wildman–Crippen MR) is 133 cm³/mol. The molecule has 32 heavy (non-hydrogen) atoms. The molecule has 3 aromatic rings. The van der Waals surface area contributed by atoms with E-state index in [0.29, 0.717) is 5.92 Å². The summed E-state index contributed by atoms with van der Waals surface area (Å²) in [4.78, 5) is 15.5. The lowest BCUT2D eigenvalue weighted by Gasteiger charge is -2.32. The van der Waals surface area contributed by atoms with Crippen LogP contribution in [-0.4, -0.2) is 13.0 Å². The standard InChI is InChI=1S/C29H34N2O/c1-22(24-11-5-3-6-12-24)30-29(32)28-16-10-9-15-27(28)25-19-17-23(18-20-25)21-31(2)26-13-7-4-8-14-26/h3-8,11-14,17-20,22,27-28H,9-10,15-16,21H2,1-2H3,(H,30,32)/t22-,27?,28-/m0/s1. The van der Waals surface area contributed by atoms with Crippen molar-refractivity contribution in [1.82, 2.24) is 5.32 Å². The van der Waals surface area contributed by atoms with E-state index in [-0.39, 0.29) is 17.9 Å². The normalized spacial score (nSPS) is 19.2. The Morgan fingerprint density at radius 1 is 0.906 bits per heavy atom. The van der Waals surface area contributed by atoms with Crippen LogP contribution >= 0.6 is 0 Å². The fourth-order valence-corrected chi connectivity index (χ4v) is 4.91. The number of benzene rings is 3. The zero-order valence-electron chi connectivity index (χ0n) is 19.2. The van der Waals surface area contributed by atoms with Gasteiger partial charge in [0.15, 0.2) is 0 Å². The fraction of sp³-hybridized carbons (Fsp3) is 0.345. The van der Waals surface area contributed by atoms with Gasteiger partial charge in [0.2, 0.25) is 5.91 Å². The van der Waals surface area contributed by atoms with Crippen molar-refractivity contribution >= 4 is 11.6 Å². The second-order valence-corrected chi connectivity index (χ2v) is 9.07. The van der Waals surface area contributed by atoms with Gasteiger partial charge in [0.05, 0.1) is 6.04 Å². The van der Waals surface area contributed by atoms with E-state index in [0.717, 1.165) is 31.4 Å². The van der Waals surface area contributed by atoms with E-state index in [1.165, 1.54) is 23.2 Å². The van der Waals surface area contributed by atoms with Crippen molar-refractivity contribution < 1.29 is 4.79 Å². The number of nitrogens with one attached hydrogen (secondary N) is 1. The summed E-state index contributed by atoms with van der Waals surface area (Å²) in [5, 5.41) is 3.28. The number of hydrogen-bond donors (Lipinski definition) is 1. The van der Waals surface area contributed by atoms with Crippen molar-refractivity contribution in [2.75, 3.05) is 11.9 Å². The minimum absolute atomic E-state index is 0.0298. The number of anilines is 1. The Labute approximate surface area is 192 Å². The number of nitrogens with zero attached hydrogens (tertiary/aromatic N) is 1. The summed E-state index contributed by atoms with van der Waals surface area (Å²) >= 11 is 0. The molecule has 3 nitrogen and oxygen atoms in total. The zero-order chi connectivity index (χ0) is 22.3. The first-order chi connectivity index (χ1) is 15.6. The van der Waals surface area contributed by atoms with Crippen LogP contribution in [0.4, 0.5) is 5.69 Å². The molecule has 166 valence electrons. The Bertz CT molecular complexity index is 985. The summed E-state index contributed by atoms with van der Waals surface area (Å²) in [6.07, 6.45) is 4.38. The highest BCUT2D eigenvalue weighted by Gasteiger charge is 2.32. The molecule has 1 aliphatic rings. The summed E-state index contributed by atoms with van der Waals surface area (Å²) in [5.74, 6) is 0.541. The van der Waals surface area contributed by atoms with E-state index in [1.807, 2.05) is 24.3 Å². The molecule has 3 heteroatoms. The fourth-order valence-electron chi connectivity index (χ4n) is 4.91. The molecular weight excluding hydrogens is 392 g/mol. The van der Waals surface area contributed by atoms with Gasteiger partial charge >= 0.3 is 0 Å². The molecule has 0 aromatic heterocycles. The topological polar surface area (TPSA) is 32.3 Å². The molecule has 0 aliphatic heterocycles. The molecule has 1 N–H and O–H groups in total. The van der Waals surface area contributed by atoms with Crippen LogP contribution in [0.15, 0.2) is 84.9 Å². The van der Waals surface area contributed by atoms with Crippen molar-refractivity contribution in [2.24, 2.45) is 5.92 Å². The smallest absolute Gasteiger partial charge is 0.224 e. The summed E-state index contributed by atoms with van der Waals surface area (Å²) in [6.45, 7) is 2.94. The summed E-state index contributed by atoms with van der Waals surface area (Å²) < 4.78 is 0. The maximum Gasteiger partial charge on any atom is 0.224 e. The van der Waals surface area contributed by atoms with Crippen LogP contribution in [0.2, 0.25) is 0 Å². The highest BCUT2D eigenvalue weighted by atomic mass is 16.1. The van der Waals surface area contributed by atoms with Gasteiger partial charge in [0.25, 0.3) is 0 Å². The Hall–Kier alpha value is -3.07. The third-order valence-corrected chi connectivity index (χ3v) is 6.79. The zero-order valence-corrected chi connectivity index (χ0v) is 19.2. The maximum absolute atomic E-state index is 13.2. The number of rotatable bonds is 7. The molecular formula is C29H34N2O. The van der Waals surface area contributed by atoms with Gasteiger partial charge in [-0.15, -0.1) is 0 Å². The second-order valence-electron chi connectivity index (χ2n) is 9.07. The van der Waals surface area contributed by atoms with Gasteiger partial charge in [-0.1, -0.05) is 85.6 Å². The van der Waals surface area contributed by atoms with Gasteiger partial charge in [0, 0.05) is 25.2 Å². The molecule has 0 bridgehead atoms. The number of amides is 1. The summed E-state index contributed by atoms with van der Waals surface area (Å²) in [7, 11) is 2.12. The van der Waals surface area contributed by atoms with Crippen LogP contribution in [0, 0.1) is 5.92 Å². The van der Waals surface area contributed by atoms with Crippen molar-refractivity contribution in [3.63, 3.8) is 0 Å². The van der Waals surface area contributed by atoms with E-state index >= 15 is 0 Å². The van der Waals surface area contributed by atoms with Crippen molar-refractivity contribution in [1.29, 1.82) is 0 Å². The number of carbonyl (C=O) groups is 1. The van der Waals surface area contributed by atoms with Crippen molar-refractivity contribution in [3.05, 3.63) is 102 Å². The van der Waals surface area contributed by atoms with E-state index in [4.69, 9.17) is 0 Å².